The number of rotatable bonds is 7. The number of hydrogen-bond donors (Lipinski definition) is 1. The van der Waals surface area contributed by atoms with Crippen molar-refractivity contribution in [1.82, 2.24) is 15.1 Å². The summed E-state index contributed by atoms with van der Waals surface area (Å²) in [7, 11) is 2.23. The zero-order valence-corrected chi connectivity index (χ0v) is 13.9. The molecule has 1 aliphatic rings. The lowest BCUT2D eigenvalue weighted by molar-refractivity contribution is 0.0851. The Morgan fingerprint density at radius 3 is 2.05 bits per heavy atom. The van der Waals surface area contributed by atoms with Gasteiger partial charge in [-0.2, -0.15) is 0 Å². The number of piperazine rings is 1. The molecule has 0 spiro atoms. The summed E-state index contributed by atoms with van der Waals surface area (Å²) < 4.78 is 0. The van der Waals surface area contributed by atoms with Gasteiger partial charge in [-0.15, -0.1) is 0 Å². The van der Waals surface area contributed by atoms with Gasteiger partial charge in [0.15, 0.2) is 0 Å². The molecule has 1 saturated heterocycles. The van der Waals surface area contributed by atoms with Crippen molar-refractivity contribution in [2.24, 2.45) is 11.8 Å². The Hall–Kier alpha value is -0.120. The SMILES string of the molecule is CCC(C)C(C)NCC(C(C)C)N1CCN(C)CC1. The van der Waals surface area contributed by atoms with Crippen molar-refractivity contribution in [1.29, 1.82) is 0 Å². The van der Waals surface area contributed by atoms with E-state index in [-0.39, 0.29) is 0 Å². The van der Waals surface area contributed by atoms with Crippen LogP contribution in [0.4, 0.5) is 0 Å². The van der Waals surface area contributed by atoms with Crippen molar-refractivity contribution in [3.63, 3.8) is 0 Å². The Balaban J connectivity index is 2.44. The van der Waals surface area contributed by atoms with Gasteiger partial charge >= 0.3 is 0 Å². The minimum Gasteiger partial charge on any atom is -0.312 e. The summed E-state index contributed by atoms with van der Waals surface area (Å²) in [5.41, 5.74) is 0. The van der Waals surface area contributed by atoms with Gasteiger partial charge in [-0.25, -0.2) is 0 Å². The van der Waals surface area contributed by atoms with Crippen molar-refractivity contribution in [2.75, 3.05) is 39.8 Å². The average molecular weight is 269 g/mol. The highest BCUT2D eigenvalue weighted by Crippen LogP contribution is 2.14. The van der Waals surface area contributed by atoms with Crippen molar-refractivity contribution in [3.05, 3.63) is 0 Å². The molecular weight excluding hydrogens is 234 g/mol. The van der Waals surface area contributed by atoms with E-state index in [2.05, 4.69) is 56.8 Å². The van der Waals surface area contributed by atoms with E-state index in [1.165, 1.54) is 32.6 Å². The van der Waals surface area contributed by atoms with E-state index in [0.29, 0.717) is 12.1 Å². The van der Waals surface area contributed by atoms with Crippen LogP contribution >= 0.6 is 0 Å². The quantitative estimate of drug-likeness (QED) is 0.765. The van der Waals surface area contributed by atoms with E-state index < -0.39 is 0 Å². The van der Waals surface area contributed by atoms with E-state index in [4.69, 9.17) is 0 Å². The average Bonchev–Trinajstić information content (AvgIpc) is 2.39. The first-order valence-corrected chi connectivity index (χ1v) is 8.11. The summed E-state index contributed by atoms with van der Waals surface area (Å²) >= 11 is 0. The van der Waals surface area contributed by atoms with Crippen LogP contribution in [-0.4, -0.2) is 61.7 Å². The molecule has 0 saturated carbocycles. The molecule has 3 nitrogen and oxygen atoms in total. The first kappa shape index (κ1) is 16.9. The van der Waals surface area contributed by atoms with E-state index in [1.807, 2.05) is 0 Å². The summed E-state index contributed by atoms with van der Waals surface area (Å²) in [5, 5.41) is 3.77. The largest absolute Gasteiger partial charge is 0.312 e. The van der Waals surface area contributed by atoms with E-state index >= 15 is 0 Å². The topological polar surface area (TPSA) is 18.5 Å². The Kier molecular flexibility index (Phi) is 7.33. The molecule has 1 heterocycles. The zero-order valence-electron chi connectivity index (χ0n) is 13.9. The summed E-state index contributed by atoms with van der Waals surface area (Å²) in [5.74, 6) is 1.49. The van der Waals surface area contributed by atoms with Crippen LogP contribution in [0, 0.1) is 11.8 Å². The van der Waals surface area contributed by atoms with E-state index in [0.717, 1.165) is 18.4 Å². The highest BCUT2D eigenvalue weighted by Gasteiger charge is 2.25. The third kappa shape index (κ3) is 5.41. The zero-order chi connectivity index (χ0) is 14.4. The molecule has 0 bridgehead atoms. The summed E-state index contributed by atoms with van der Waals surface area (Å²) in [6, 6.07) is 1.30. The minimum atomic E-state index is 0.624. The fourth-order valence-electron chi connectivity index (χ4n) is 2.80. The van der Waals surface area contributed by atoms with Gasteiger partial charge in [0, 0.05) is 44.8 Å². The third-order valence-corrected chi connectivity index (χ3v) is 4.92. The second kappa shape index (κ2) is 8.23. The minimum absolute atomic E-state index is 0.624. The Labute approximate surface area is 120 Å². The first-order chi connectivity index (χ1) is 8.95. The normalized spacial score (nSPS) is 23.5. The lowest BCUT2D eigenvalue weighted by atomic mass is 9.98. The molecule has 1 rings (SSSR count). The lowest BCUT2D eigenvalue weighted by Gasteiger charge is -2.40. The Morgan fingerprint density at radius 2 is 1.58 bits per heavy atom. The maximum Gasteiger partial charge on any atom is 0.0244 e. The van der Waals surface area contributed by atoms with Crippen LogP contribution in [0.1, 0.15) is 41.0 Å². The van der Waals surface area contributed by atoms with Gasteiger partial charge in [0.05, 0.1) is 0 Å². The van der Waals surface area contributed by atoms with Crippen LogP contribution < -0.4 is 5.32 Å². The molecule has 0 radical (unpaired) electrons. The maximum atomic E-state index is 3.77. The fourth-order valence-corrected chi connectivity index (χ4v) is 2.80. The fraction of sp³-hybridized carbons (Fsp3) is 1.00. The molecule has 0 aliphatic carbocycles. The number of nitrogens with zero attached hydrogens (tertiary/aromatic N) is 2. The van der Waals surface area contributed by atoms with Crippen molar-refractivity contribution in [2.45, 2.75) is 53.1 Å². The predicted molar refractivity (Wildman–Crippen MR) is 84.6 cm³/mol. The van der Waals surface area contributed by atoms with Crippen molar-refractivity contribution >= 4 is 0 Å². The number of hydrogen-bond acceptors (Lipinski definition) is 3. The number of nitrogens with one attached hydrogen (secondary N) is 1. The molecule has 114 valence electrons. The predicted octanol–water partition coefficient (Wildman–Crippen LogP) is 2.28. The van der Waals surface area contributed by atoms with Gasteiger partial charge in [0.2, 0.25) is 0 Å². The molecule has 0 amide bonds. The van der Waals surface area contributed by atoms with Gasteiger partial charge in [0.1, 0.15) is 0 Å². The van der Waals surface area contributed by atoms with Crippen LogP contribution in [-0.2, 0) is 0 Å². The van der Waals surface area contributed by atoms with Crippen molar-refractivity contribution in [3.8, 4) is 0 Å². The van der Waals surface area contributed by atoms with Crippen molar-refractivity contribution < 1.29 is 0 Å². The van der Waals surface area contributed by atoms with Crippen LogP contribution in [0.15, 0.2) is 0 Å². The molecule has 3 unspecified atom stereocenters. The summed E-state index contributed by atoms with van der Waals surface area (Å²) in [6.45, 7) is 17.7. The molecule has 0 aromatic rings. The molecular formula is C16H35N3. The van der Waals surface area contributed by atoms with Crippen LogP contribution in [0.5, 0.6) is 0 Å². The Morgan fingerprint density at radius 1 is 1.00 bits per heavy atom. The van der Waals surface area contributed by atoms with E-state index in [9.17, 15) is 0 Å². The second-order valence-electron chi connectivity index (χ2n) is 6.73. The van der Waals surface area contributed by atoms with Crippen LogP contribution in [0.2, 0.25) is 0 Å². The van der Waals surface area contributed by atoms with Gasteiger partial charge in [-0.3, -0.25) is 4.90 Å². The first-order valence-electron chi connectivity index (χ1n) is 8.11. The molecule has 3 atom stereocenters. The molecule has 0 aromatic heterocycles. The van der Waals surface area contributed by atoms with Crippen LogP contribution in [0.3, 0.4) is 0 Å². The molecule has 1 aliphatic heterocycles. The molecule has 1 N–H and O–H groups in total. The summed E-state index contributed by atoms with van der Waals surface area (Å²) in [6.07, 6.45) is 1.26. The van der Waals surface area contributed by atoms with Gasteiger partial charge in [0.25, 0.3) is 0 Å². The smallest absolute Gasteiger partial charge is 0.0244 e. The van der Waals surface area contributed by atoms with Gasteiger partial charge < -0.3 is 10.2 Å². The van der Waals surface area contributed by atoms with Gasteiger partial charge in [-0.1, -0.05) is 34.1 Å². The molecule has 19 heavy (non-hydrogen) atoms. The molecule has 1 fully saturated rings. The highest BCUT2D eigenvalue weighted by atomic mass is 15.3. The Bertz CT molecular complexity index is 234. The molecule has 3 heteroatoms. The number of likely N-dealkylation sites (N-methyl/N-ethyl adjacent to an activating group) is 1. The molecule has 0 aromatic carbocycles. The van der Waals surface area contributed by atoms with Crippen LogP contribution in [0.25, 0.3) is 0 Å². The third-order valence-electron chi connectivity index (χ3n) is 4.92. The monoisotopic (exact) mass is 269 g/mol. The lowest BCUT2D eigenvalue weighted by Crippen LogP contribution is -2.54. The highest BCUT2D eigenvalue weighted by molar-refractivity contribution is 4.82. The summed E-state index contributed by atoms with van der Waals surface area (Å²) in [4.78, 5) is 5.12. The maximum absolute atomic E-state index is 3.77. The second-order valence-corrected chi connectivity index (χ2v) is 6.73. The van der Waals surface area contributed by atoms with Gasteiger partial charge in [-0.05, 0) is 25.8 Å². The standard InChI is InChI=1S/C16H35N3/c1-7-14(4)15(5)17-12-16(13(2)3)19-10-8-18(6)9-11-19/h13-17H,7-12H2,1-6H3. The van der Waals surface area contributed by atoms with E-state index in [1.54, 1.807) is 0 Å².